The lowest BCUT2D eigenvalue weighted by atomic mass is 9.90. The van der Waals surface area contributed by atoms with Gasteiger partial charge in [-0.1, -0.05) is 13.8 Å². The van der Waals surface area contributed by atoms with E-state index in [1.807, 2.05) is 38.6 Å². The largest absolute Gasteiger partial charge is 0.342 e. The van der Waals surface area contributed by atoms with E-state index in [9.17, 15) is 9.59 Å². The second kappa shape index (κ2) is 5.87. The molecule has 0 saturated carbocycles. The Morgan fingerprint density at radius 3 is 2.62 bits per heavy atom. The molecular formula is C15H24N4O2. The van der Waals surface area contributed by atoms with Gasteiger partial charge < -0.3 is 14.8 Å². The molecule has 21 heavy (non-hydrogen) atoms. The molecule has 1 aliphatic heterocycles. The van der Waals surface area contributed by atoms with Crippen molar-refractivity contribution in [3.8, 4) is 0 Å². The summed E-state index contributed by atoms with van der Waals surface area (Å²) >= 11 is 0. The molecule has 1 aromatic heterocycles. The number of aromatic nitrogens is 2. The van der Waals surface area contributed by atoms with Gasteiger partial charge in [-0.2, -0.15) is 0 Å². The van der Waals surface area contributed by atoms with Crippen molar-refractivity contribution in [3.05, 3.63) is 18.2 Å². The first-order chi connectivity index (χ1) is 9.93. The summed E-state index contributed by atoms with van der Waals surface area (Å²) < 4.78 is 1.94. The molecule has 1 fully saturated rings. The molecule has 6 nitrogen and oxygen atoms in total. The van der Waals surface area contributed by atoms with Gasteiger partial charge in [-0.05, 0) is 19.8 Å². The third-order valence-corrected chi connectivity index (χ3v) is 4.53. The van der Waals surface area contributed by atoms with Crippen molar-refractivity contribution in [2.45, 2.75) is 51.6 Å². The lowest BCUT2D eigenvalue weighted by Gasteiger charge is -2.45. The van der Waals surface area contributed by atoms with Crippen LogP contribution in [0.5, 0.6) is 0 Å². The number of rotatable bonds is 5. The summed E-state index contributed by atoms with van der Waals surface area (Å²) in [5.74, 6) is 0.868. The Bertz CT molecular complexity index is 540. The number of piperazine rings is 1. The molecule has 2 heterocycles. The molecule has 116 valence electrons. The van der Waals surface area contributed by atoms with E-state index in [0.717, 1.165) is 5.82 Å². The van der Waals surface area contributed by atoms with E-state index >= 15 is 0 Å². The fraction of sp³-hybridized carbons (Fsp3) is 0.667. The Hall–Kier alpha value is -1.85. The first-order valence-electron chi connectivity index (χ1n) is 7.52. The predicted molar refractivity (Wildman–Crippen MR) is 79.5 cm³/mol. The summed E-state index contributed by atoms with van der Waals surface area (Å²) in [6.07, 6.45) is 5.49. The highest BCUT2D eigenvalue weighted by Gasteiger charge is 2.47. The lowest BCUT2D eigenvalue weighted by Crippen LogP contribution is -2.69. The Labute approximate surface area is 125 Å². The molecule has 1 N–H and O–H groups in total. The van der Waals surface area contributed by atoms with Crippen LogP contribution in [0.3, 0.4) is 0 Å². The zero-order valence-electron chi connectivity index (χ0n) is 13.2. The van der Waals surface area contributed by atoms with E-state index in [1.165, 1.54) is 0 Å². The summed E-state index contributed by atoms with van der Waals surface area (Å²) in [6, 6.07) is -0.404. The minimum atomic E-state index is -0.770. The maximum Gasteiger partial charge on any atom is 0.246 e. The van der Waals surface area contributed by atoms with Crippen molar-refractivity contribution in [1.29, 1.82) is 0 Å². The van der Waals surface area contributed by atoms with Crippen molar-refractivity contribution >= 4 is 11.8 Å². The van der Waals surface area contributed by atoms with E-state index in [-0.39, 0.29) is 11.8 Å². The standard InChI is InChI=1S/C15H24N4O2/c1-5-11-13(20)19(15(3,6-2)14(21)17-11)9-7-12-16-8-10-18(12)4/h8,10-11H,5-7,9H2,1-4H3,(H,17,21). The van der Waals surface area contributed by atoms with Gasteiger partial charge >= 0.3 is 0 Å². The van der Waals surface area contributed by atoms with E-state index in [0.29, 0.717) is 25.8 Å². The second-order valence-electron chi connectivity index (χ2n) is 5.76. The minimum absolute atomic E-state index is 0.00987. The van der Waals surface area contributed by atoms with Crippen LogP contribution in [0.25, 0.3) is 0 Å². The number of carbonyl (C=O) groups excluding carboxylic acids is 2. The van der Waals surface area contributed by atoms with Gasteiger partial charge in [0.05, 0.1) is 0 Å². The van der Waals surface area contributed by atoms with Crippen molar-refractivity contribution in [1.82, 2.24) is 19.8 Å². The van der Waals surface area contributed by atoms with Gasteiger partial charge in [0.25, 0.3) is 0 Å². The molecule has 0 aliphatic carbocycles. The minimum Gasteiger partial charge on any atom is -0.342 e. The summed E-state index contributed by atoms with van der Waals surface area (Å²) in [7, 11) is 1.93. The Morgan fingerprint density at radius 1 is 1.38 bits per heavy atom. The van der Waals surface area contributed by atoms with Crippen LogP contribution in [-0.2, 0) is 23.1 Å². The number of nitrogens with zero attached hydrogens (tertiary/aromatic N) is 3. The smallest absolute Gasteiger partial charge is 0.246 e. The molecule has 0 bridgehead atoms. The SMILES string of the molecule is CCC1NC(=O)C(C)(CC)N(CCc2nccn2C)C1=O. The average Bonchev–Trinajstić information content (AvgIpc) is 2.88. The third kappa shape index (κ3) is 2.66. The number of hydrogen-bond acceptors (Lipinski definition) is 3. The number of aryl methyl sites for hydroxylation is 1. The number of nitrogens with one attached hydrogen (secondary N) is 1. The van der Waals surface area contributed by atoms with E-state index in [2.05, 4.69) is 10.3 Å². The highest BCUT2D eigenvalue weighted by atomic mass is 16.2. The van der Waals surface area contributed by atoms with Crippen molar-refractivity contribution in [3.63, 3.8) is 0 Å². The Morgan fingerprint density at radius 2 is 2.10 bits per heavy atom. The molecule has 1 aromatic rings. The van der Waals surface area contributed by atoms with Gasteiger partial charge in [-0.3, -0.25) is 9.59 Å². The molecule has 1 saturated heterocycles. The van der Waals surface area contributed by atoms with Gasteiger partial charge in [-0.25, -0.2) is 4.98 Å². The van der Waals surface area contributed by atoms with Crippen LogP contribution in [-0.4, -0.2) is 44.4 Å². The highest BCUT2D eigenvalue weighted by molar-refractivity contribution is 5.99. The van der Waals surface area contributed by atoms with Crippen LogP contribution in [0.4, 0.5) is 0 Å². The first kappa shape index (κ1) is 15.5. The van der Waals surface area contributed by atoms with Gasteiger partial charge in [0, 0.05) is 32.4 Å². The molecule has 0 aromatic carbocycles. The van der Waals surface area contributed by atoms with E-state index in [4.69, 9.17) is 0 Å². The topological polar surface area (TPSA) is 67.2 Å². The fourth-order valence-corrected chi connectivity index (χ4v) is 2.76. The molecule has 2 amide bonds. The van der Waals surface area contributed by atoms with Crippen LogP contribution in [0.1, 0.15) is 39.4 Å². The molecule has 0 radical (unpaired) electrons. The lowest BCUT2D eigenvalue weighted by molar-refractivity contribution is -0.156. The summed E-state index contributed by atoms with van der Waals surface area (Å²) in [6.45, 7) is 6.20. The van der Waals surface area contributed by atoms with Gasteiger partial charge in [0.1, 0.15) is 17.4 Å². The number of carbonyl (C=O) groups is 2. The average molecular weight is 292 g/mol. The van der Waals surface area contributed by atoms with E-state index in [1.54, 1.807) is 11.1 Å². The molecule has 2 atom stereocenters. The number of imidazole rings is 1. The summed E-state index contributed by atoms with van der Waals surface area (Å²) in [4.78, 5) is 31.0. The van der Waals surface area contributed by atoms with Crippen LogP contribution in [0, 0.1) is 0 Å². The molecular weight excluding hydrogens is 268 g/mol. The quantitative estimate of drug-likeness (QED) is 0.875. The predicted octanol–water partition coefficient (Wildman–Crippen LogP) is 0.868. The monoisotopic (exact) mass is 292 g/mol. The Kier molecular flexibility index (Phi) is 4.34. The van der Waals surface area contributed by atoms with Crippen molar-refractivity contribution in [2.75, 3.05) is 6.54 Å². The fourth-order valence-electron chi connectivity index (χ4n) is 2.76. The van der Waals surface area contributed by atoms with Crippen LogP contribution in [0.2, 0.25) is 0 Å². The summed E-state index contributed by atoms with van der Waals surface area (Å²) in [5.41, 5.74) is -0.770. The van der Waals surface area contributed by atoms with Crippen molar-refractivity contribution in [2.24, 2.45) is 7.05 Å². The van der Waals surface area contributed by atoms with E-state index < -0.39 is 11.6 Å². The summed E-state index contributed by atoms with van der Waals surface area (Å²) in [5, 5.41) is 2.84. The van der Waals surface area contributed by atoms with Gasteiger partial charge in [0.2, 0.25) is 11.8 Å². The maximum atomic E-state index is 12.6. The highest BCUT2D eigenvalue weighted by Crippen LogP contribution is 2.26. The molecule has 0 spiro atoms. The number of hydrogen-bond donors (Lipinski definition) is 1. The molecule has 2 unspecified atom stereocenters. The van der Waals surface area contributed by atoms with Crippen molar-refractivity contribution < 1.29 is 9.59 Å². The van der Waals surface area contributed by atoms with Gasteiger partial charge in [0.15, 0.2) is 0 Å². The molecule has 1 aliphatic rings. The third-order valence-electron chi connectivity index (χ3n) is 4.53. The zero-order chi connectivity index (χ0) is 15.6. The zero-order valence-corrected chi connectivity index (χ0v) is 13.2. The van der Waals surface area contributed by atoms with Crippen LogP contribution in [0.15, 0.2) is 12.4 Å². The number of amides is 2. The van der Waals surface area contributed by atoms with Gasteiger partial charge in [-0.15, -0.1) is 0 Å². The maximum absolute atomic E-state index is 12.6. The van der Waals surface area contributed by atoms with Crippen LogP contribution < -0.4 is 5.32 Å². The normalized spacial score (nSPS) is 26.1. The Balaban J connectivity index is 2.20. The molecule has 6 heteroatoms. The molecule has 2 rings (SSSR count). The first-order valence-corrected chi connectivity index (χ1v) is 7.52. The second-order valence-corrected chi connectivity index (χ2v) is 5.76. The van der Waals surface area contributed by atoms with Crippen LogP contribution >= 0.6 is 0 Å².